The number of hydrogen-bond acceptors (Lipinski definition) is 3. The van der Waals surface area contributed by atoms with Crippen molar-refractivity contribution < 1.29 is 27.5 Å². The normalized spacial score (nSPS) is 11.0. The third kappa shape index (κ3) is 5.63. The van der Waals surface area contributed by atoms with E-state index in [9.17, 15) is 22.8 Å². The minimum atomic E-state index is -4.48. The van der Waals surface area contributed by atoms with Crippen molar-refractivity contribution in [2.24, 2.45) is 0 Å². The highest BCUT2D eigenvalue weighted by atomic mass is 19.4. The van der Waals surface area contributed by atoms with Crippen LogP contribution in [0.2, 0.25) is 0 Å². The fraction of sp³-hybridized carbons (Fsp3) is 0.130. The Morgan fingerprint density at radius 3 is 2.13 bits per heavy atom. The van der Waals surface area contributed by atoms with Gasteiger partial charge in [-0.25, -0.2) is 0 Å². The molecule has 31 heavy (non-hydrogen) atoms. The van der Waals surface area contributed by atoms with E-state index in [2.05, 4.69) is 5.32 Å². The van der Waals surface area contributed by atoms with Crippen LogP contribution in [0.4, 0.5) is 18.9 Å². The molecule has 0 aliphatic heterocycles. The third-order valence-electron chi connectivity index (χ3n) is 4.27. The molecule has 0 bridgehead atoms. The zero-order chi connectivity index (χ0) is 22.6. The minimum Gasteiger partial charge on any atom is -0.457 e. The Bertz CT molecular complexity index is 1110. The van der Waals surface area contributed by atoms with E-state index in [-0.39, 0.29) is 23.0 Å². The van der Waals surface area contributed by atoms with Crippen molar-refractivity contribution >= 4 is 17.5 Å². The summed E-state index contributed by atoms with van der Waals surface area (Å²) >= 11 is 0. The maximum absolute atomic E-state index is 12.9. The second-order valence-corrected chi connectivity index (χ2v) is 6.89. The Balaban J connectivity index is 1.75. The van der Waals surface area contributed by atoms with Crippen LogP contribution in [-0.2, 0) is 6.18 Å². The Hall–Kier alpha value is -3.81. The van der Waals surface area contributed by atoms with Crippen molar-refractivity contribution in [3.8, 4) is 11.5 Å². The van der Waals surface area contributed by atoms with Gasteiger partial charge in [0.25, 0.3) is 11.8 Å². The highest BCUT2D eigenvalue weighted by Crippen LogP contribution is 2.32. The molecule has 160 valence electrons. The number of amides is 2. The monoisotopic (exact) mass is 428 g/mol. The Labute approximate surface area is 177 Å². The molecule has 5 nitrogen and oxygen atoms in total. The Morgan fingerprint density at radius 1 is 0.839 bits per heavy atom. The quantitative estimate of drug-likeness (QED) is 0.588. The van der Waals surface area contributed by atoms with E-state index in [1.165, 1.54) is 29.2 Å². The lowest BCUT2D eigenvalue weighted by Gasteiger charge is -2.12. The van der Waals surface area contributed by atoms with Crippen LogP contribution < -0.4 is 10.1 Å². The summed E-state index contributed by atoms with van der Waals surface area (Å²) in [6.45, 7) is 0. The van der Waals surface area contributed by atoms with Crippen LogP contribution in [0.5, 0.6) is 11.5 Å². The van der Waals surface area contributed by atoms with Gasteiger partial charge in [-0.2, -0.15) is 13.2 Å². The van der Waals surface area contributed by atoms with Crippen LogP contribution in [-0.4, -0.2) is 30.8 Å². The number of carbonyl (C=O) groups is 2. The van der Waals surface area contributed by atoms with E-state index in [0.29, 0.717) is 11.3 Å². The molecule has 0 heterocycles. The van der Waals surface area contributed by atoms with Crippen molar-refractivity contribution in [1.82, 2.24) is 4.90 Å². The maximum atomic E-state index is 12.9. The maximum Gasteiger partial charge on any atom is 0.416 e. The summed E-state index contributed by atoms with van der Waals surface area (Å²) < 4.78 is 44.1. The third-order valence-corrected chi connectivity index (χ3v) is 4.27. The average Bonchev–Trinajstić information content (AvgIpc) is 2.73. The van der Waals surface area contributed by atoms with E-state index >= 15 is 0 Å². The van der Waals surface area contributed by atoms with Crippen LogP contribution in [0.25, 0.3) is 0 Å². The summed E-state index contributed by atoms with van der Waals surface area (Å²) in [7, 11) is 3.26. The second kappa shape index (κ2) is 8.91. The smallest absolute Gasteiger partial charge is 0.416 e. The number of ether oxygens (including phenoxy) is 1. The van der Waals surface area contributed by atoms with E-state index in [0.717, 1.165) is 12.1 Å². The summed E-state index contributed by atoms with van der Waals surface area (Å²) in [5, 5.41) is 2.70. The summed E-state index contributed by atoms with van der Waals surface area (Å²) in [6.07, 6.45) is -4.48. The first kappa shape index (κ1) is 21.9. The summed E-state index contributed by atoms with van der Waals surface area (Å²) in [5.74, 6) is -0.442. The molecule has 0 spiro atoms. The molecule has 0 aliphatic rings. The lowest BCUT2D eigenvalue weighted by molar-refractivity contribution is -0.137. The highest BCUT2D eigenvalue weighted by Gasteiger charge is 2.30. The molecule has 0 saturated heterocycles. The molecule has 0 fully saturated rings. The number of rotatable bonds is 5. The number of nitrogens with zero attached hydrogens (tertiary/aromatic N) is 1. The van der Waals surface area contributed by atoms with E-state index in [1.807, 2.05) is 0 Å². The van der Waals surface area contributed by atoms with Gasteiger partial charge in [-0.15, -0.1) is 0 Å². The van der Waals surface area contributed by atoms with Gasteiger partial charge in [0.05, 0.1) is 5.56 Å². The van der Waals surface area contributed by atoms with Gasteiger partial charge in [-0.1, -0.05) is 18.2 Å². The first-order chi connectivity index (χ1) is 14.6. The molecule has 2 amide bonds. The van der Waals surface area contributed by atoms with E-state index < -0.39 is 17.6 Å². The predicted octanol–water partition coefficient (Wildman–Crippen LogP) is 5.45. The first-order valence-corrected chi connectivity index (χ1v) is 9.22. The van der Waals surface area contributed by atoms with Crippen LogP contribution in [0.3, 0.4) is 0 Å². The highest BCUT2D eigenvalue weighted by molar-refractivity contribution is 6.05. The minimum absolute atomic E-state index is 0.00211. The zero-order valence-corrected chi connectivity index (χ0v) is 16.7. The molecule has 0 saturated carbocycles. The van der Waals surface area contributed by atoms with Crippen molar-refractivity contribution in [2.75, 3.05) is 19.4 Å². The van der Waals surface area contributed by atoms with Crippen molar-refractivity contribution in [3.63, 3.8) is 0 Å². The van der Waals surface area contributed by atoms with Crippen LogP contribution in [0, 0.1) is 0 Å². The van der Waals surface area contributed by atoms with Crippen molar-refractivity contribution in [1.29, 1.82) is 0 Å². The first-order valence-electron chi connectivity index (χ1n) is 9.22. The molecule has 0 unspecified atom stereocenters. The number of benzene rings is 3. The van der Waals surface area contributed by atoms with Crippen molar-refractivity contribution in [3.05, 3.63) is 89.5 Å². The Kier molecular flexibility index (Phi) is 6.29. The fourth-order valence-corrected chi connectivity index (χ4v) is 2.76. The van der Waals surface area contributed by atoms with Crippen LogP contribution in [0.1, 0.15) is 26.3 Å². The number of alkyl halides is 3. The molecule has 1 N–H and O–H groups in total. The molecule has 3 aromatic rings. The largest absolute Gasteiger partial charge is 0.457 e. The predicted molar refractivity (Wildman–Crippen MR) is 110 cm³/mol. The number of anilines is 1. The molecule has 0 aromatic heterocycles. The average molecular weight is 428 g/mol. The Morgan fingerprint density at radius 2 is 1.45 bits per heavy atom. The van der Waals surface area contributed by atoms with Gasteiger partial charge in [0, 0.05) is 30.9 Å². The number of halogens is 3. The summed E-state index contributed by atoms with van der Waals surface area (Å²) in [4.78, 5) is 26.1. The van der Waals surface area contributed by atoms with Gasteiger partial charge >= 0.3 is 6.18 Å². The standard InChI is InChI=1S/C23H19F3N2O3/c1-28(2)22(30)16-7-3-9-18(12-16)27-21(29)15-6-4-10-19(13-15)31-20-11-5-8-17(14-20)23(24,25)26/h3-14H,1-2H3,(H,27,29). The summed E-state index contributed by atoms with van der Waals surface area (Å²) in [5.41, 5.74) is 0.270. The van der Waals surface area contributed by atoms with Gasteiger partial charge in [-0.3, -0.25) is 9.59 Å². The van der Waals surface area contributed by atoms with Gasteiger partial charge in [0.15, 0.2) is 0 Å². The SMILES string of the molecule is CN(C)C(=O)c1cccc(NC(=O)c2cccc(Oc3cccc(C(F)(F)F)c3)c2)c1. The molecule has 0 radical (unpaired) electrons. The zero-order valence-electron chi connectivity index (χ0n) is 16.7. The van der Waals surface area contributed by atoms with Crippen LogP contribution in [0.15, 0.2) is 72.8 Å². The molecule has 0 atom stereocenters. The molecule has 0 aliphatic carbocycles. The van der Waals surface area contributed by atoms with Crippen LogP contribution >= 0.6 is 0 Å². The summed E-state index contributed by atoms with van der Waals surface area (Å²) in [6, 6.07) is 17.0. The number of carbonyl (C=O) groups excluding carboxylic acids is 2. The van der Waals surface area contributed by atoms with Gasteiger partial charge in [-0.05, 0) is 54.6 Å². The molecular weight excluding hydrogens is 409 g/mol. The van der Waals surface area contributed by atoms with E-state index in [4.69, 9.17) is 4.74 Å². The van der Waals surface area contributed by atoms with Gasteiger partial charge < -0.3 is 15.0 Å². The fourth-order valence-electron chi connectivity index (χ4n) is 2.76. The molecule has 8 heteroatoms. The lowest BCUT2D eigenvalue weighted by Crippen LogP contribution is -2.21. The molecule has 3 aromatic carbocycles. The molecular formula is C23H19F3N2O3. The number of nitrogens with one attached hydrogen (secondary N) is 1. The molecule has 3 rings (SSSR count). The van der Waals surface area contributed by atoms with Gasteiger partial charge in [0.1, 0.15) is 11.5 Å². The van der Waals surface area contributed by atoms with E-state index in [1.54, 1.807) is 50.5 Å². The second-order valence-electron chi connectivity index (χ2n) is 6.89. The lowest BCUT2D eigenvalue weighted by atomic mass is 10.1. The topological polar surface area (TPSA) is 58.6 Å². The number of hydrogen-bond donors (Lipinski definition) is 1. The van der Waals surface area contributed by atoms with Gasteiger partial charge in [0.2, 0.25) is 0 Å². The van der Waals surface area contributed by atoms with Crippen molar-refractivity contribution in [2.45, 2.75) is 6.18 Å².